The van der Waals surface area contributed by atoms with Crippen molar-refractivity contribution in [3.05, 3.63) is 53.7 Å². The molecule has 1 aromatic carbocycles. The Hall–Kier alpha value is -2.40. The van der Waals surface area contributed by atoms with Gasteiger partial charge in [-0.1, -0.05) is 13.0 Å². The predicted molar refractivity (Wildman–Crippen MR) is 84.1 cm³/mol. The summed E-state index contributed by atoms with van der Waals surface area (Å²) in [7, 11) is 0. The van der Waals surface area contributed by atoms with Gasteiger partial charge in [-0.25, -0.2) is 9.78 Å². The number of rotatable bonds is 7. The van der Waals surface area contributed by atoms with Crippen LogP contribution in [0.15, 0.2) is 42.6 Å². The largest absolute Gasteiger partial charge is 0.462 e. The fraction of sp³-hybridized carbons (Fsp3) is 0.294. The van der Waals surface area contributed by atoms with Crippen LogP contribution in [0.25, 0.3) is 0 Å². The Bertz CT molecular complexity index is 612. The summed E-state index contributed by atoms with van der Waals surface area (Å²) in [5.41, 5.74) is 1.49. The van der Waals surface area contributed by atoms with Crippen LogP contribution in [0, 0.1) is 0 Å². The van der Waals surface area contributed by atoms with E-state index in [0.29, 0.717) is 30.3 Å². The number of hydrogen-bond acceptors (Lipinski definition) is 5. The zero-order chi connectivity index (χ0) is 15.8. The molecule has 0 radical (unpaired) electrons. The number of aromatic nitrogens is 1. The summed E-state index contributed by atoms with van der Waals surface area (Å²) in [6.07, 6.45) is 1.69. The lowest BCUT2D eigenvalue weighted by atomic mass is 10.2. The van der Waals surface area contributed by atoms with Crippen LogP contribution in [0.5, 0.6) is 11.6 Å². The number of pyridine rings is 1. The van der Waals surface area contributed by atoms with Crippen molar-refractivity contribution in [1.82, 2.24) is 10.3 Å². The standard InChI is InChI=1S/C17H20N2O3/c1-3-18-12-14-6-5-11-19-16(14)22-15-9-7-13(8-10-15)17(20)21-4-2/h5-11,18H,3-4,12H2,1-2H3. The molecule has 5 nitrogen and oxygen atoms in total. The molecule has 0 bridgehead atoms. The van der Waals surface area contributed by atoms with Crippen molar-refractivity contribution >= 4 is 5.97 Å². The fourth-order valence-corrected chi connectivity index (χ4v) is 1.90. The van der Waals surface area contributed by atoms with Gasteiger partial charge in [-0.3, -0.25) is 0 Å². The van der Waals surface area contributed by atoms with E-state index in [1.54, 1.807) is 37.4 Å². The maximum Gasteiger partial charge on any atom is 0.338 e. The van der Waals surface area contributed by atoms with E-state index in [4.69, 9.17) is 9.47 Å². The molecule has 1 N–H and O–H groups in total. The maximum absolute atomic E-state index is 11.6. The normalized spacial score (nSPS) is 10.3. The third-order valence-electron chi connectivity index (χ3n) is 3.00. The minimum Gasteiger partial charge on any atom is -0.462 e. The van der Waals surface area contributed by atoms with Crippen molar-refractivity contribution in [1.29, 1.82) is 0 Å². The summed E-state index contributed by atoms with van der Waals surface area (Å²) in [4.78, 5) is 15.9. The van der Waals surface area contributed by atoms with Gasteiger partial charge in [0.1, 0.15) is 5.75 Å². The topological polar surface area (TPSA) is 60.5 Å². The molecule has 2 aromatic rings. The van der Waals surface area contributed by atoms with Crippen molar-refractivity contribution in [3.63, 3.8) is 0 Å². The average molecular weight is 300 g/mol. The Morgan fingerprint density at radius 2 is 1.95 bits per heavy atom. The number of carbonyl (C=O) groups is 1. The van der Waals surface area contributed by atoms with Gasteiger partial charge in [0, 0.05) is 18.3 Å². The summed E-state index contributed by atoms with van der Waals surface area (Å²) in [5.74, 6) is 0.858. The summed E-state index contributed by atoms with van der Waals surface area (Å²) in [6, 6.07) is 10.7. The molecule has 116 valence electrons. The van der Waals surface area contributed by atoms with Gasteiger partial charge >= 0.3 is 5.97 Å². The first-order valence-electron chi connectivity index (χ1n) is 7.34. The van der Waals surface area contributed by atoms with Gasteiger partial charge in [-0.15, -0.1) is 0 Å². The van der Waals surface area contributed by atoms with Crippen LogP contribution >= 0.6 is 0 Å². The number of hydrogen-bond donors (Lipinski definition) is 1. The lowest BCUT2D eigenvalue weighted by molar-refractivity contribution is 0.0526. The van der Waals surface area contributed by atoms with Crippen molar-refractivity contribution < 1.29 is 14.3 Å². The van der Waals surface area contributed by atoms with Crippen molar-refractivity contribution in [3.8, 4) is 11.6 Å². The van der Waals surface area contributed by atoms with Crippen LogP contribution < -0.4 is 10.1 Å². The van der Waals surface area contributed by atoms with Gasteiger partial charge in [0.25, 0.3) is 0 Å². The van der Waals surface area contributed by atoms with E-state index in [-0.39, 0.29) is 5.97 Å². The molecule has 1 aromatic heterocycles. The molecule has 0 saturated carbocycles. The highest BCUT2D eigenvalue weighted by Gasteiger charge is 2.08. The first-order valence-corrected chi connectivity index (χ1v) is 7.34. The minimum atomic E-state index is -0.334. The van der Waals surface area contributed by atoms with Gasteiger partial charge < -0.3 is 14.8 Å². The Labute approximate surface area is 130 Å². The van der Waals surface area contributed by atoms with Gasteiger partial charge in [0.05, 0.1) is 12.2 Å². The highest BCUT2D eigenvalue weighted by Crippen LogP contribution is 2.23. The quantitative estimate of drug-likeness (QED) is 0.796. The van der Waals surface area contributed by atoms with Crippen molar-refractivity contribution in [2.45, 2.75) is 20.4 Å². The molecule has 5 heteroatoms. The molecule has 22 heavy (non-hydrogen) atoms. The van der Waals surface area contributed by atoms with Gasteiger partial charge in [0.15, 0.2) is 0 Å². The molecule has 0 aliphatic heterocycles. The number of carbonyl (C=O) groups excluding carboxylic acids is 1. The second-order valence-electron chi connectivity index (χ2n) is 4.59. The first kappa shape index (κ1) is 16.0. The molecular weight excluding hydrogens is 280 g/mol. The fourth-order valence-electron chi connectivity index (χ4n) is 1.90. The second kappa shape index (κ2) is 8.14. The van der Waals surface area contributed by atoms with Crippen molar-refractivity contribution in [2.24, 2.45) is 0 Å². The molecular formula is C17H20N2O3. The molecule has 0 aliphatic carbocycles. The van der Waals surface area contributed by atoms with Crippen LogP contribution in [0.3, 0.4) is 0 Å². The highest BCUT2D eigenvalue weighted by molar-refractivity contribution is 5.89. The van der Waals surface area contributed by atoms with E-state index >= 15 is 0 Å². The van der Waals surface area contributed by atoms with E-state index in [2.05, 4.69) is 10.3 Å². The summed E-state index contributed by atoms with van der Waals surface area (Å²) in [6.45, 7) is 5.76. The number of nitrogens with zero attached hydrogens (tertiary/aromatic N) is 1. The smallest absolute Gasteiger partial charge is 0.338 e. The van der Waals surface area contributed by atoms with E-state index in [9.17, 15) is 4.79 Å². The lowest BCUT2D eigenvalue weighted by Gasteiger charge is -2.10. The monoisotopic (exact) mass is 300 g/mol. The minimum absolute atomic E-state index is 0.334. The molecule has 0 aliphatic rings. The highest BCUT2D eigenvalue weighted by atomic mass is 16.5. The van der Waals surface area contributed by atoms with Crippen LogP contribution in [0.4, 0.5) is 0 Å². The SMILES string of the molecule is CCNCc1cccnc1Oc1ccc(C(=O)OCC)cc1. The zero-order valence-corrected chi connectivity index (χ0v) is 12.8. The first-order chi connectivity index (χ1) is 10.7. The molecule has 0 atom stereocenters. The molecule has 0 amide bonds. The zero-order valence-electron chi connectivity index (χ0n) is 12.8. The summed E-state index contributed by atoms with van der Waals surface area (Å²) >= 11 is 0. The van der Waals surface area contributed by atoms with Gasteiger partial charge in [-0.05, 0) is 43.8 Å². The molecule has 0 saturated heterocycles. The Morgan fingerprint density at radius 3 is 2.64 bits per heavy atom. The van der Waals surface area contributed by atoms with E-state index in [1.807, 2.05) is 19.1 Å². The van der Waals surface area contributed by atoms with Crippen LogP contribution in [0.1, 0.15) is 29.8 Å². The van der Waals surface area contributed by atoms with E-state index in [0.717, 1.165) is 12.1 Å². The average Bonchev–Trinajstić information content (AvgIpc) is 2.55. The molecule has 1 heterocycles. The van der Waals surface area contributed by atoms with Crippen LogP contribution in [-0.4, -0.2) is 24.1 Å². The third kappa shape index (κ3) is 4.30. The summed E-state index contributed by atoms with van der Waals surface area (Å²) in [5, 5.41) is 3.25. The summed E-state index contributed by atoms with van der Waals surface area (Å²) < 4.78 is 10.7. The Balaban J connectivity index is 2.09. The third-order valence-corrected chi connectivity index (χ3v) is 3.00. The lowest BCUT2D eigenvalue weighted by Crippen LogP contribution is -2.12. The van der Waals surface area contributed by atoms with Crippen molar-refractivity contribution in [2.75, 3.05) is 13.2 Å². The van der Waals surface area contributed by atoms with Gasteiger partial charge in [0.2, 0.25) is 5.88 Å². The molecule has 0 fully saturated rings. The van der Waals surface area contributed by atoms with Crippen LogP contribution in [-0.2, 0) is 11.3 Å². The van der Waals surface area contributed by atoms with E-state index in [1.165, 1.54) is 0 Å². The number of nitrogens with one attached hydrogen (secondary N) is 1. The number of esters is 1. The predicted octanol–water partition coefficient (Wildman–Crippen LogP) is 3.16. The molecule has 0 spiro atoms. The number of ether oxygens (including phenoxy) is 2. The Kier molecular flexibility index (Phi) is 5.91. The number of benzene rings is 1. The van der Waals surface area contributed by atoms with E-state index < -0.39 is 0 Å². The molecule has 0 unspecified atom stereocenters. The maximum atomic E-state index is 11.6. The Morgan fingerprint density at radius 1 is 1.18 bits per heavy atom. The second-order valence-corrected chi connectivity index (χ2v) is 4.59. The van der Waals surface area contributed by atoms with Crippen LogP contribution in [0.2, 0.25) is 0 Å². The van der Waals surface area contributed by atoms with Gasteiger partial charge in [-0.2, -0.15) is 0 Å². The molecule has 2 rings (SSSR count).